The highest BCUT2D eigenvalue weighted by Crippen LogP contribution is 2.36. The minimum absolute atomic E-state index is 0.0474. The van der Waals surface area contributed by atoms with Crippen molar-refractivity contribution < 1.29 is 47.4 Å². The number of β-amino-alcohol motifs (C(OH)–C–C–N with tert-alkyl or cyclic N) is 1. The van der Waals surface area contributed by atoms with Gasteiger partial charge in [-0.3, -0.25) is 43.5 Å². The zero-order chi connectivity index (χ0) is 69.0. The number of piperidine rings is 2. The van der Waals surface area contributed by atoms with E-state index in [0.717, 1.165) is 90.8 Å². The van der Waals surface area contributed by atoms with Gasteiger partial charge in [0.1, 0.15) is 48.3 Å². The van der Waals surface area contributed by atoms with Crippen molar-refractivity contribution in [1.29, 1.82) is 0 Å². The molecule has 5 aliphatic heterocycles. The lowest BCUT2D eigenvalue weighted by Gasteiger charge is -2.48. The van der Waals surface area contributed by atoms with Crippen molar-refractivity contribution >= 4 is 64.1 Å². The highest BCUT2D eigenvalue weighted by molar-refractivity contribution is 7.13. The van der Waals surface area contributed by atoms with E-state index in [-0.39, 0.29) is 73.8 Å². The molecule has 97 heavy (non-hydrogen) atoms. The lowest BCUT2D eigenvalue weighted by molar-refractivity contribution is -0.144. The van der Waals surface area contributed by atoms with Crippen LogP contribution in [0.1, 0.15) is 120 Å². The topological polar surface area (TPSA) is 262 Å². The van der Waals surface area contributed by atoms with E-state index in [9.17, 15) is 33.9 Å². The standard InChI is InChI=1S/C71H97F2N15O8S/c1-47(51-11-13-52(14-12-51)65-48(2)79-46-97-65)80-67(94)58-35-54(89)41-88(58)68(95)66(69(3,4)5)81-62(91)16-15-61(90)74-21-26-83-27-29-84(30-28-83)31-32-96-43-64(93)76-39-50-10-8-9-49(33-50)38-75-59-37-60(78-45-77-59)86-24-19-71(20-25-86)44-87(42-63(92)82-71)57-36-55(72)53(34-56(57)73)40-85-22-17-70(6,7)18-23-85/h8-14,33-34,36-37,45-47,54,58,66,89H,15-32,35,38-44H2,1-7H3,(H,74,90)(H,76,93)(H,80,94)(H,81,91)(H,82,92)(H,75,77,78)/t47-,54+,58-,66+/m0/s1. The van der Waals surface area contributed by atoms with Gasteiger partial charge in [-0.15, -0.1) is 11.3 Å². The fourth-order valence-corrected chi connectivity index (χ4v) is 14.3. The number of aryl methyl sites for hydroxylation is 1. The molecule has 7 heterocycles. The predicted octanol–water partition coefficient (Wildman–Crippen LogP) is 5.91. The predicted molar refractivity (Wildman–Crippen MR) is 369 cm³/mol. The fraction of sp³-hybridized carbons (Fsp3) is 0.563. The molecule has 4 atom stereocenters. The number of likely N-dealkylation sites (tertiary alicyclic amines) is 2. The van der Waals surface area contributed by atoms with Crippen LogP contribution >= 0.6 is 11.3 Å². The highest BCUT2D eigenvalue weighted by Gasteiger charge is 2.46. The summed E-state index contributed by atoms with van der Waals surface area (Å²) in [5, 5.41) is 29.0. The van der Waals surface area contributed by atoms with Crippen LogP contribution in [-0.4, -0.2) is 204 Å². The number of aliphatic hydroxyl groups is 1. The number of ether oxygens (including phenoxy) is 1. The molecule has 0 aliphatic carbocycles. The lowest BCUT2D eigenvalue weighted by atomic mass is 9.82. The van der Waals surface area contributed by atoms with Gasteiger partial charge in [-0.2, -0.15) is 0 Å². The Morgan fingerprint density at radius 1 is 0.784 bits per heavy atom. The second-order valence-electron chi connectivity index (χ2n) is 28.7. The van der Waals surface area contributed by atoms with E-state index >= 15 is 8.78 Å². The van der Waals surface area contributed by atoms with Crippen molar-refractivity contribution in [2.45, 2.75) is 143 Å². The van der Waals surface area contributed by atoms with Crippen molar-refractivity contribution in [1.82, 2.24) is 61.1 Å². The number of carbonyl (C=O) groups is 6. The summed E-state index contributed by atoms with van der Waals surface area (Å²) in [6, 6.07) is 18.0. The smallest absolute Gasteiger partial charge is 0.246 e. The summed E-state index contributed by atoms with van der Waals surface area (Å²) in [5.74, 6) is -1.65. The Labute approximate surface area is 572 Å². The number of halogens is 2. The molecule has 10 rings (SSSR count). The number of hydrogen-bond acceptors (Lipinski definition) is 18. The third kappa shape index (κ3) is 19.8. The second-order valence-corrected chi connectivity index (χ2v) is 29.5. The molecule has 5 aliphatic rings. The summed E-state index contributed by atoms with van der Waals surface area (Å²) in [4.78, 5) is 106. The third-order valence-electron chi connectivity index (χ3n) is 19.6. The number of amides is 6. The molecule has 6 amide bonds. The van der Waals surface area contributed by atoms with Crippen molar-refractivity contribution in [3.8, 4) is 10.4 Å². The molecule has 3 aromatic carbocycles. The molecule has 2 aromatic heterocycles. The van der Waals surface area contributed by atoms with E-state index in [2.05, 4.69) is 80.3 Å². The third-order valence-corrected chi connectivity index (χ3v) is 20.6. The van der Waals surface area contributed by atoms with Gasteiger partial charge in [-0.1, -0.05) is 83.1 Å². The minimum atomic E-state index is -1.01. The molecular formula is C71H97F2N15O8S. The van der Waals surface area contributed by atoms with Gasteiger partial charge in [0.15, 0.2) is 0 Å². The first-order chi connectivity index (χ1) is 46.3. The van der Waals surface area contributed by atoms with E-state index in [1.165, 1.54) is 23.4 Å². The first-order valence-electron chi connectivity index (χ1n) is 34.1. The number of anilines is 3. The Morgan fingerprint density at radius 3 is 2.19 bits per heavy atom. The molecule has 7 N–H and O–H groups in total. The van der Waals surface area contributed by atoms with Crippen molar-refractivity contribution in [2.75, 3.05) is 120 Å². The summed E-state index contributed by atoms with van der Waals surface area (Å²) in [6.07, 6.45) is 3.68. The molecule has 1 spiro atoms. The molecule has 524 valence electrons. The van der Waals surface area contributed by atoms with E-state index in [1.807, 2.05) is 94.7 Å². The van der Waals surface area contributed by atoms with E-state index in [0.29, 0.717) is 89.7 Å². The molecule has 0 radical (unpaired) electrons. The van der Waals surface area contributed by atoms with E-state index in [1.54, 1.807) is 16.2 Å². The normalized spacial score (nSPS) is 19.9. The first kappa shape index (κ1) is 72.0. The summed E-state index contributed by atoms with van der Waals surface area (Å²) in [6.45, 7) is 23.3. The van der Waals surface area contributed by atoms with Gasteiger partial charge in [-0.05, 0) is 91.8 Å². The number of rotatable bonds is 26. The van der Waals surface area contributed by atoms with Gasteiger partial charge in [0.05, 0.1) is 52.6 Å². The van der Waals surface area contributed by atoms with Crippen LogP contribution in [0.5, 0.6) is 0 Å². The first-order valence-corrected chi connectivity index (χ1v) is 35.0. The number of hydrogen-bond donors (Lipinski definition) is 7. The SMILES string of the molecule is Cc1ncsc1-c1ccc([C@H](C)NC(=O)[C@@H]2C[C@@H](O)CN2C(=O)[C@@H](NC(=O)CCC(=O)NCCN2CCN(CCOCC(=O)NCc3cccc(CNc4cc(N5CCC6(CC5)CN(c5cc(F)c(CN7CCC(C)(C)CC7)cc5F)CC(=O)N6)ncn4)c3)CC2)C(C)(C)C)cc1. The number of piperazine rings is 2. The highest BCUT2D eigenvalue weighted by atomic mass is 32.1. The van der Waals surface area contributed by atoms with Crippen molar-refractivity contribution in [2.24, 2.45) is 10.8 Å². The van der Waals surface area contributed by atoms with Gasteiger partial charge in [-0.25, -0.2) is 23.7 Å². The fourth-order valence-electron chi connectivity index (χ4n) is 13.5. The molecule has 5 saturated heterocycles. The monoisotopic (exact) mass is 1360 g/mol. The average Bonchev–Trinajstić information content (AvgIpc) is 0.915. The van der Waals surface area contributed by atoms with Crippen LogP contribution in [0.15, 0.2) is 78.6 Å². The van der Waals surface area contributed by atoms with Crippen LogP contribution in [0.4, 0.5) is 26.1 Å². The molecule has 26 heteroatoms. The van der Waals surface area contributed by atoms with Crippen LogP contribution in [-0.2, 0) is 53.1 Å². The Hall–Kier alpha value is -7.75. The van der Waals surface area contributed by atoms with Gasteiger partial charge < -0.3 is 56.4 Å². The Morgan fingerprint density at radius 2 is 1.48 bits per heavy atom. The Balaban J connectivity index is 0.571. The van der Waals surface area contributed by atoms with Crippen molar-refractivity contribution in [3.05, 3.63) is 118 Å². The molecule has 0 unspecified atom stereocenters. The molecule has 5 fully saturated rings. The largest absolute Gasteiger partial charge is 0.391 e. The zero-order valence-electron chi connectivity index (χ0n) is 57.2. The quantitative estimate of drug-likeness (QED) is 0.0317. The summed E-state index contributed by atoms with van der Waals surface area (Å²) >= 11 is 1.56. The summed E-state index contributed by atoms with van der Waals surface area (Å²) in [7, 11) is 0. The second kappa shape index (κ2) is 32.3. The van der Waals surface area contributed by atoms with E-state index in [4.69, 9.17) is 4.74 Å². The Bertz CT molecular complexity index is 3550. The zero-order valence-corrected chi connectivity index (χ0v) is 58.0. The number of carbonyl (C=O) groups excluding carboxylic acids is 6. The van der Waals surface area contributed by atoms with Crippen LogP contribution < -0.4 is 41.7 Å². The number of nitrogens with one attached hydrogen (secondary N) is 6. The number of thiazole rings is 1. The van der Waals surface area contributed by atoms with Crippen LogP contribution in [0, 0.1) is 29.4 Å². The van der Waals surface area contributed by atoms with Crippen LogP contribution in [0.3, 0.4) is 0 Å². The average molecular weight is 1360 g/mol. The molecule has 23 nitrogen and oxygen atoms in total. The van der Waals surface area contributed by atoms with E-state index < -0.39 is 58.5 Å². The maximum Gasteiger partial charge on any atom is 0.246 e. The summed E-state index contributed by atoms with van der Waals surface area (Å²) in [5.41, 5.74) is 5.95. The maximum absolute atomic E-state index is 15.8. The number of benzene rings is 3. The van der Waals surface area contributed by atoms with Crippen LogP contribution in [0.2, 0.25) is 0 Å². The van der Waals surface area contributed by atoms with Gasteiger partial charge in [0.2, 0.25) is 35.4 Å². The maximum atomic E-state index is 15.8. The lowest BCUT2D eigenvalue weighted by Crippen LogP contribution is -2.66. The number of nitrogens with zero attached hydrogens (tertiary/aromatic N) is 9. The van der Waals surface area contributed by atoms with Gasteiger partial charge >= 0.3 is 0 Å². The molecule has 0 bridgehead atoms. The van der Waals surface area contributed by atoms with Crippen LogP contribution in [0.25, 0.3) is 10.4 Å². The summed E-state index contributed by atoms with van der Waals surface area (Å²) < 4.78 is 37.1. The Kier molecular flexibility index (Phi) is 24.0. The molecular weight excluding hydrogens is 1260 g/mol. The molecule has 0 saturated carbocycles. The van der Waals surface area contributed by atoms with Gasteiger partial charge in [0, 0.05) is 129 Å². The number of aliphatic hydroxyl groups excluding tert-OH is 1. The van der Waals surface area contributed by atoms with Crippen molar-refractivity contribution in [3.63, 3.8) is 0 Å². The molecule has 5 aromatic rings. The minimum Gasteiger partial charge on any atom is -0.391 e. The van der Waals surface area contributed by atoms with Gasteiger partial charge in [0.25, 0.3) is 0 Å². The number of aromatic nitrogens is 3.